The van der Waals surface area contributed by atoms with Gasteiger partial charge in [-0.1, -0.05) is 23.8 Å². The van der Waals surface area contributed by atoms with Crippen LogP contribution in [-0.2, 0) is 11.8 Å². The SMILES string of the molecule is COc1c(F)c(F)c(C(F)(F)C(F)(F)c2cccc(C)c2)c(F)c1F. The summed E-state index contributed by atoms with van der Waals surface area (Å²) in [5, 5.41) is 0. The molecule has 25 heavy (non-hydrogen) atoms. The lowest BCUT2D eigenvalue weighted by Crippen LogP contribution is -2.38. The molecule has 0 fully saturated rings. The molecule has 0 saturated heterocycles. The van der Waals surface area contributed by atoms with Crippen molar-refractivity contribution in [2.45, 2.75) is 18.8 Å². The summed E-state index contributed by atoms with van der Waals surface area (Å²) in [6, 6.07) is 3.62. The Morgan fingerprint density at radius 1 is 0.800 bits per heavy atom. The van der Waals surface area contributed by atoms with Crippen molar-refractivity contribution >= 4 is 0 Å². The monoisotopic (exact) mass is 370 g/mol. The topological polar surface area (TPSA) is 9.23 Å². The first-order chi connectivity index (χ1) is 11.5. The predicted octanol–water partition coefficient (Wildman–Crippen LogP) is 5.44. The number of methoxy groups -OCH3 is 1. The Labute approximate surface area is 136 Å². The van der Waals surface area contributed by atoms with Crippen molar-refractivity contribution in [1.82, 2.24) is 0 Å². The molecule has 2 rings (SSSR count). The van der Waals surface area contributed by atoms with Crippen molar-refractivity contribution in [1.29, 1.82) is 0 Å². The van der Waals surface area contributed by atoms with Gasteiger partial charge in [0.05, 0.1) is 7.11 Å². The number of benzene rings is 2. The molecule has 0 aliphatic heterocycles. The van der Waals surface area contributed by atoms with Crippen LogP contribution in [0.4, 0.5) is 35.1 Å². The van der Waals surface area contributed by atoms with Gasteiger partial charge >= 0.3 is 11.8 Å². The second-order valence-corrected chi connectivity index (χ2v) is 5.18. The van der Waals surface area contributed by atoms with Crippen LogP contribution in [0, 0.1) is 30.2 Å². The average molecular weight is 370 g/mol. The molecule has 0 heterocycles. The first-order valence-electron chi connectivity index (χ1n) is 6.70. The maximum absolute atomic E-state index is 14.3. The third-order valence-corrected chi connectivity index (χ3v) is 3.52. The van der Waals surface area contributed by atoms with Crippen molar-refractivity contribution in [2.75, 3.05) is 7.11 Å². The van der Waals surface area contributed by atoms with Crippen molar-refractivity contribution in [3.63, 3.8) is 0 Å². The van der Waals surface area contributed by atoms with Gasteiger partial charge in [0.2, 0.25) is 11.6 Å². The van der Waals surface area contributed by atoms with Gasteiger partial charge in [0.15, 0.2) is 17.4 Å². The van der Waals surface area contributed by atoms with E-state index >= 15 is 0 Å². The van der Waals surface area contributed by atoms with Crippen molar-refractivity contribution in [3.8, 4) is 5.75 Å². The molecule has 0 N–H and O–H groups in total. The van der Waals surface area contributed by atoms with Crippen LogP contribution in [0.25, 0.3) is 0 Å². The number of hydrogen-bond acceptors (Lipinski definition) is 1. The molecule has 0 aliphatic carbocycles. The highest BCUT2D eigenvalue weighted by Gasteiger charge is 2.62. The van der Waals surface area contributed by atoms with E-state index in [1.807, 2.05) is 0 Å². The molecule has 0 aromatic heterocycles. The fourth-order valence-corrected chi connectivity index (χ4v) is 2.25. The number of rotatable bonds is 4. The Morgan fingerprint density at radius 2 is 1.32 bits per heavy atom. The van der Waals surface area contributed by atoms with Crippen molar-refractivity contribution in [2.24, 2.45) is 0 Å². The molecule has 0 amide bonds. The van der Waals surface area contributed by atoms with E-state index in [1.165, 1.54) is 13.0 Å². The van der Waals surface area contributed by atoms with E-state index < -0.39 is 52.0 Å². The number of ether oxygens (including phenoxy) is 1. The molecule has 9 heteroatoms. The second kappa shape index (κ2) is 6.20. The Kier molecular flexibility index (Phi) is 4.71. The van der Waals surface area contributed by atoms with Crippen LogP contribution < -0.4 is 4.74 Å². The smallest absolute Gasteiger partial charge is 0.345 e. The molecule has 2 aromatic rings. The zero-order valence-electron chi connectivity index (χ0n) is 12.7. The Balaban J connectivity index is 2.75. The first kappa shape index (κ1) is 19.0. The maximum Gasteiger partial charge on any atom is 0.345 e. The lowest BCUT2D eigenvalue weighted by Gasteiger charge is -2.28. The number of aryl methyl sites for hydroxylation is 1. The molecule has 0 spiro atoms. The minimum Gasteiger partial charge on any atom is -0.491 e. The van der Waals surface area contributed by atoms with Gasteiger partial charge in [0.25, 0.3) is 0 Å². The molecule has 0 atom stereocenters. The van der Waals surface area contributed by atoms with E-state index in [0.29, 0.717) is 19.2 Å². The largest absolute Gasteiger partial charge is 0.491 e. The van der Waals surface area contributed by atoms with Crippen LogP contribution in [0.15, 0.2) is 24.3 Å². The van der Waals surface area contributed by atoms with Gasteiger partial charge in [-0.05, 0) is 13.0 Å². The summed E-state index contributed by atoms with van der Waals surface area (Å²) in [4.78, 5) is 0. The molecule has 0 saturated carbocycles. The zero-order chi connectivity index (χ0) is 19.2. The summed E-state index contributed by atoms with van der Waals surface area (Å²) in [7, 11) is 0.625. The Hall–Kier alpha value is -2.32. The Morgan fingerprint density at radius 3 is 1.76 bits per heavy atom. The minimum atomic E-state index is -5.58. The molecular weight excluding hydrogens is 360 g/mol. The summed E-state index contributed by atoms with van der Waals surface area (Å²) in [5.41, 5.74) is -3.82. The van der Waals surface area contributed by atoms with Crippen LogP contribution in [0.1, 0.15) is 16.7 Å². The molecular formula is C16H10F8O. The third kappa shape index (κ3) is 2.81. The lowest BCUT2D eigenvalue weighted by atomic mass is 9.94. The summed E-state index contributed by atoms with van der Waals surface area (Å²) < 4.78 is 116. The van der Waals surface area contributed by atoms with Gasteiger partial charge in [-0.25, -0.2) is 8.78 Å². The fraction of sp³-hybridized carbons (Fsp3) is 0.250. The van der Waals surface area contributed by atoms with E-state index in [4.69, 9.17) is 0 Å². The Bertz CT molecular complexity index is 787. The van der Waals surface area contributed by atoms with Gasteiger partial charge in [-0.2, -0.15) is 26.3 Å². The summed E-state index contributed by atoms with van der Waals surface area (Å²) in [5.74, 6) is -22.3. The van der Waals surface area contributed by atoms with Gasteiger partial charge in [-0.3, -0.25) is 0 Å². The molecule has 0 radical (unpaired) electrons. The highest BCUT2D eigenvalue weighted by atomic mass is 19.3. The predicted molar refractivity (Wildman–Crippen MR) is 71.8 cm³/mol. The van der Waals surface area contributed by atoms with Gasteiger partial charge in [0, 0.05) is 5.56 Å². The maximum atomic E-state index is 14.3. The van der Waals surface area contributed by atoms with Crippen molar-refractivity contribution in [3.05, 3.63) is 64.2 Å². The highest BCUT2D eigenvalue weighted by molar-refractivity contribution is 5.39. The number of alkyl halides is 4. The minimum absolute atomic E-state index is 0.168. The summed E-state index contributed by atoms with van der Waals surface area (Å²) in [6.07, 6.45) is 0. The summed E-state index contributed by atoms with van der Waals surface area (Å²) in [6.45, 7) is 1.33. The summed E-state index contributed by atoms with van der Waals surface area (Å²) >= 11 is 0. The molecule has 0 bridgehead atoms. The zero-order valence-corrected chi connectivity index (χ0v) is 12.7. The first-order valence-corrected chi connectivity index (χ1v) is 6.70. The molecule has 0 aliphatic rings. The number of halogens is 8. The van der Waals surface area contributed by atoms with E-state index in [9.17, 15) is 35.1 Å². The fourth-order valence-electron chi connectivity index (χ4n) is 2.25. The van der Waals surface area contributed by atoms with Crippen LogP contribution in [0.3, 0.4) is 0 Å². The molecule has 136 valence electrons. The average Bonchev–Trinajstić information content (AvgIpc) is 2.53. The normalized spacial score (nSPS) is 12.4. The van der Waals surface area contributed by atoms with Gasteiger partial charge in [0.1, 0.15) is 5.56 Å². The van der Waals surface area contributed by atoms with Gasteiger partial charge in [-0.15, -0.1) is 0 Å². The van der Waals surface area contributed by atoms with E-state index in [-0.39, 0.29) is 5.56 Å². The lowest BCUT2D eigenvalue weighted by molar-refractivity contribution is -0.227. The third-order valence-electron chi connectivity index (χ3n) is 3.52. The second-order valence-electron chi connectivity index (χ2n) is 5.18. The van der Waals surface area contributed by atoms with Gasteiger partial charge < -0.3 is 4.74 Å². The molecule has 1 nitrogen and oxygen atoms in total. The van der Waals surface area contributed by atoms with Crippen LogP contribution >= 0.6 is 0 Å². The van der Waals surface area contributed by atoms with Crippen molar-refractivity contribution < 1.29 is 39.9 Å². The van der Waals surface area contributed by atoms with E-state index in [0.717, 1.165) is 6.07 Å². The van der Waals surface area contributed by atoms with E-state index in [1.54, 1.807) is 0 Å². The molecule has 0 unspecified atom stereocenters. The number of hydrogen-bond donors (Lipinski definition) is 0. The molecule has 2 aromatic carbocycles. The van der Waals surface area contributed by atoms with Crippen LogP contribution in [-0.4, -0.2) is 7.11 Å². The quantitative estimate of drug-likeness (QED) is 0.514. The van der Waals surface area contributed by atoms with Crippen LogP contribution in [0.5, 0.6) is 5.75 Å². The highest BCUT2D eigenvalue weighted by Crippen LogP contribution is 2.52. The van der Waals surface area contributed by atoms with E-state index in [2.05, 4.69) is 4.74 Å². The van der Waals surface area contributed by atoms with Crippen LogP contribution in [0.2, 0.25) is 0 Å². The standard InChI is InChI=1S/C16H10F8O/c1-7-4-3-5-8(6-7)15(21,22)16(23,24)9-10(17)12(19)14(25-2)13(20)11(9)18/h3-6H,1-2H3.